The van der Waals surface area contributed by atoms with Crippen LogP contribution in [-0.2, 0) is 0 Å². The van der Waals surface area contributed by atoms with E-state index in [1.807, 2.05) is 0 Å². The monoisotopic (exact) mass is 179 g/mol. The van der Waals surface area contributed by atoms with Crippen molar-refractivity contribution < 1.29 is 15.1 Å². The molecule has 2 rings (SSSR count). The van der Waals surface area contributed by atoms with Gasteiger partial charge in [-0.1, -0.05) is 0 Å². The number of hydrogen-bond acceptors (Lipinski definition) is 3. The van der Waals surface area contributed by atoms with Crippen LogP contribution in [0.5, 0.6) is 11.6 Å². The van der Waals surface area contributed by atoms with E-state index in [-0.39, 0.29) is 5.88 Å². The summed E-state index contributed by atoms with van der Waals surface area (Å²) in [7, 11) is 1.55. The molecule has 0 saturated carbocycles. The van der Waals surface area contributed by atoms with Crippen molar-refractivity contribution in [1.29, 1.82) is 0 Å². The largest absolute Gasteiger partial charge is 0.497 e. The topological polar surface area (TPSA) is 54.6 Å². The van der Waals surface area contributed by atoms with Gasteiger partial charge in [-0.25, -0.2) is 0 Å². The third-order valence-corrected chi connectivity index (χ3v) is 1.97. The predicted octanol–water partition coefficient (Wildman–Crippen LogP) is 1.59. The van der Waals surface area contributed by atoms with Crippen molar-refractivity contribution in [3.8, 4) is 11.6 Å². The van der Waals surface area contributed by atoms with E-state index in [2.05, 4.69) is 0 Å². The Kier molecular flexibility index (Phi) is 1.55. The minimum atomic E-state index is -0.178. The number of methoxy groups -OCH3 is 1. The highest BCUT2D eigenvalue weighted by Gasteiger charge is 2.06. The van der Waals surface area contributed by atoms with Crippen LogP contribution in [0.2, 0.25) is 0 Å². The number of benzene rings is 1. The first-order valence-corrected chi connectivity index (χ1v) is 3.80. The third kappa shape index (κ3) is 1.07. The second-order valence-electron chi connectivity index (χ2n) is 2.74. The Balaban J connectivity index is 2.75. The molecule has 0 radical (unpaired) electrons. The van der Waals surface area contributed by atoms with Crippen molar-refractivity contribution in [2.24, 2.45) is 0 Å². The molecule has 2 aromatic rings. The van der Waals surface area contributed by atoms with Gasteiger partial charge in [0.25, 0.3) is 0 Å². The van der Waals surface area contributed by atoms with Crippen molar-refractivity contribution in [1.82, 2.24) is 4.73 Å². The highest BCUT2D eigenvalue weighted by Crippen LogP contribution is 2.26. The standard InChI is InChI=1S/C9H9NO3/c1-13-7-3-2-6-4-9(11)10(12)8(6)5-7/h2-5,11-12H,1H3. The van der Waals surface area contributed by atoms with Gasteiger partial charge < -0.3 is 15.1 Å². The molecular weight excluding hydrogens is 170 g/mol. The molecule has 0 fully saturated rings. The lowest BCUT2D eigenvalue weighted by molar-refractivity contribution is 0.167. The van der Waals surface area contributed by atoms with E-state index in [0.29, 0.717) is 11.3 Å². The first kappa shape index (κ1) is 7.79. The zero-order valence-corrected chi connectivity index (χ0v) is 7.06. The highest BCUT2D eigenvalue weighted by molar-refractivity contribution is 5.83. The van der Waals surface area contributed by atoms with Gasteiger partial charge in [0.2, 0.25) is 5.88 Å². The Morgan fingerprint density at radius 2 is 2.08 bits per heavy atom. The van der Waals surface area contributed by atoms with Crippen LogP contribution in [0, 0.1) is 0 Å². The quantitative estimate of drug-likeness (QED) is 0.653. The van der Waals surface area contributed by atoms with Crippen LogP contribution in [0.3, 0.4) is 0 Å². The van der Waals surface area contributed by atoms with E-state index in [1.54, 1.807) is 25.3 Å². The number of rotatable bonds is 1. The van der Waals surface area contributed by atoms with Gasteiger partial charge in [0.05, 0.1) is 12.6 Å². The number of ether oxygens (including phenoxy) is 1. The van der Waals surface area contributed by atoms with Crippen molar-refractivity contribution >= 4 is 10.9 Å². The minimum Gasteiger partial charge on any atom is -0.497 e. The zero-order chi connectivity index (χ0) is 9.42. The van der Waals surface area contributed by atoms with Crippen LogP contribution in [0.25, 0.3) is 10.9 Å². The molecule has 4 heteroatoms. The van der Waals surface area contributed by atoms with Crippen LogP contribution < -0.4 is 4.74 Å². The van der Waals surface area contributed by atoms with Crippen LogP contribution in [0.4, 0.5) is 0 Å². The van der Waals surface area contributed by atoms with Gasteiger partial charge in [-0.2, -0.15) is 4.73 Å². The molecule has 0 bridgehead atoms. The maximum absolute atomic E-state index is 9.33. The maximum Gasteiger partial charge on any atom is 0.225 e. The summed E-state index contributed by atoms with van der Waals surface area (Å²) < 4.78 is 5.70. The lowest BCUT2D eigenvalue weighted by atomic mass is 10.2. The minimum absolute atomic E-state index is 0.178. The average Bonchev–Trinajstić information content (AvgIpc) is 2.43. The Morgan fingerprint density at radius 1 is 1.31 bits per heavy atom. The van der Waals surface area contributed by atoms with Gasteiger partial charge in [0.15, 0.2) is 0 Å². The summed E-state index contributed by atoms with van der Waals surface area (Å²) >= 11 is 0. The molecule has 0 aliphatic carbocycles. The maximum atomic E-state index is 9.33. The lowest BCUT2D eigenvalue weighted by Gasteiger charge is -1.99. The van der Waals surface area contributed by atoms with Crippen LogP contribution in [0.15, 0.2) is 24.3 Å². The van der Waals surface area contributed by atoms with Crippen LogP contribution >= 0.6 is 0 Å². The Hall–Kier alpha value is -1.84. The summed E-state index contributed by atoms with van der Waals surface area (Å²) in [6.45, 7) is 0. The molecule has 1 aromatic carbocycles. The lowest BCUT2D eigenvalue weighted by Crippen LogP contribution is -1.88. The highest BCUT2D eigenvalue weighted by atomic mass is 16.5. The molecule has 0 saturated heterocycles. The number of hydrogen-bond donors (Lipinski definition) is 2. The normalized spacial score (nSPS) is 10.5. The molecule has 0 aliphatic heterocycles. The van der Waals surface area contributed by atoms with E-state index in [1.165, 1.54) is 6.07 Å². The molecule has 2 N–H and O–H groups in total. The van der Waals surface area contributed by atoms with Gasteiger partial charge in [0.1, 0.15) is 5.75 Å². The van der Waals surface area contributed by atoms with Gasteiger partial charge in [-0.3, -0.25) is 0 Å². The summed E-state index contributed by atoms with van der Waals surface area (Å²) in [5.41, 5.74) is 0.525. The van der Waals surface area contributed by atoms with Gasteiger partial charge >= 0.3 is 0 Å². The van der Waals surface area contributed by atoms with Crippen molar-refractivity contribution in [2.75, 3.05) is 7.11 Å². The fraction of sp³-hybridized carbons (Fsp3) is 0.111. The summed E-state index contributed by atoms with van der Waals surface area (Å²) in [6, 6.07) is 6.66. The Bertz CT molecular complexity index is 447. The summed E-state index contributed by atoms with van der Waals surface area (Å²) in [5, 5.41) is 19.3. The molecule has 0 unspecified atom stereocenters. The molecule has 68 valence electrons. The van der Waals surface area contributed by atoms with E-state index in [0.717, 1.165) is 10.1 Å². The third-order valence-electron chi connectivity index (χ3n) is 1.97. The number of aromatic nitrogens is 1. The summed E-state index contributed by atoms with van der Waals surface area (Å²) in [5.74, 6) is 0.462. The number of aromatic hydroxyl groups is 1. The molecule has 0 aliphatic rings. The average molecular weight is 179 g/mol. The molecule has 0 atom stereocenters. The van der Waals surface area contributed by atoms with E-state index in [9.17, 15) is 10.3 Å². The van der Waals surface area contributed by atoms with E-state index in [4.69, 9.17) is 4.74 Å². The van der Waals surface area contributed by atoms with Crippen molar-refractivity contribution in [3.05, 3.63) is 24.3 Å². The fourth-order valence-electron chi connectivity index (χ4n) is 1.28. The first-order valence-electron chi connectivity index (χ1n) is 3.80. The zero-order valence-electron chi connectivity index (χ0n) is 7.06. The molecule has 1 aromatic heterocycles. The second-order valence-corrected chi connectivity index (χ2v) is 2.74. The van der Waals surface area contributed by atoms with Crippen LogP contribution in [-0.4, -0.2) is 22.2 Å². The smallest absolute Gasteiger partial charge is 0.225 e. The van der Waals surface area contributed by atoms with Gasteiger partial charge in [0, 0.05) is 17.5 Å². The molecule has 1 heterocycles. The summed E-state index contributed by atoms with van der Waals surface area (Å²) in [4.78, 5) is 0. The van der Waals surface area contributed by atoms with Gasteiger partial charge in [-0.05, 0) is 12.1 Å². The molecular formula is C9H9NO3. The Labute approximate surface area is 74.6 Å². The van der Waals surface area contributed by atoms with Crippen molar-refractivity contribution in [2.45, 2.75) is 0 Å². The predicted molar refractivity (Wildman–Crippen MR) is 47.3 cm³/mol. The Morgan fingerprint density at radius 3 is 2.77 bits per heavy atom. The molecule has 4 nitrogen and oxygen atoms in total. The van der Waals surface area contributed by atoms with Gasteiger partial charge in [-0.15, -0.1) is 0 Å². The number of nitrogens with zero attached hydrogens (tertiary/aromatic N) is 1. The second kappa shape index (κ2) is 2.58. The number of fused-ring (bicyclic) bond motifs is 1. The van der Waals surface area contributed by atoms with Crippen molar-refractivity contribution in [3.63, 3.8) is 0 Å². The molecule has 0 amide bonds. The molecule has 13 heavy (non-hydrogen) atoms. The first-order chi connectivity index (χ1) is 6.22. The SMILES string of the molecule is COc1ccc2cc(O)n(O)c2c1. The summed E-state index contributed by atoms with van der Waals surface area (Å²) in [6.07, 6.45) is 0. The van der Waals surface area contributed by atoms with E-state index < -0.39 is 0 Å². The van der Waals surface area contributed by atoms with Crippen LogP contribution in [0.1, 0.15) is 0 Å². The van der Waals surface area contributed by atoms with E-state index >= 15 is 0 Å². The fourth-order valence-corrected chi connectivity index (χ4v) is 1.28. The molecule has 0 spiro atoms.